The van der Waals surface area contributed by atoms with E-state index in [0.29, 0.717) is 34.8 Å². The van der Waals surface area contributed by atoms with Gasteiger partial charge in [-0.25, -0.2) is 4.79 Å². The molecule has 1 saturated heterocycles. The predicted molar refractivity (Wildman–Crippen MR) is 107 cm³/mol. The van der Waals surface area contributed by atoms with E-state index in [0.717, 1.165) is 12.2 Å². The van der Waals surface area contributed by atoms with E-state index in [-0.39, 0.29) is 12.0 Å². The second-order valence-electron chi connectivity index (χ2n) is 6.32. The van der Waals surface area contributed by atoms with Gasteiger partial charge in [-0.2, -0.15) is 5.26 Å². The van der Waals surface area contributed by atoms with Crippen molar-refractivity contribution in [3.05, 3.63) is 58.6 Å². The summed E-state index contributed by atoms with van der Waals surface area (Å²) in [5, 5.41) is 14.6. The highest BCUT2D eigenvalue weighted by molar-refractivity contribution is 6.32. The van der Waals surface area contributed by atoms with Gasteiger partial charge in [0.25, 0.3) is 5.91 Å². The summed E-state index contributed by atoms with van der Waals surface area (Å²) >= 11 is 6.09. The van der Waals surface area contributed by atoms with Crippen LogP contribution in [0.2, 0.25) is 5.02 Å². The Bertz CT molecular complexity index is 924. The van der Waals surface area contributed by atoms with E-state index in [4.69, 9.17) is 21.6 Å². The molecule has 2 N–H and O–H groups in total. The van der Waals surface area contributed by atoms with Crippen LogP contribution in [0.4, 0.5) is 16.2 Å². The second kappa shape index (κ2) is 8.63. The number of carbonyl (C=O) groups is 2. The Balaban J connectivity index is 1.54. The van der Waals surface area contributed by atoms with Crippen LogP contribution in [0.5, 0.6) is 0 Å². The molecule has 0 unspecified atom stereocenters. The Morgan fingerprint density at radius 3 is 2.64 bits per heavy atom. The highest BCUT2D eigenvalue weighted by Crippen LogP contribution is 2.27. The normalized spacial score (nSPS) is 15.6. The molecule has 2 aromatic carbocycles. The molecule has 3 rings (SSSR count). The van der Waals surface area contributed by atoms with Crippen LogP contribution in [0, 0.1) is 11.3 Å². The summed E-state index contributed by atoms with van der Waals surface area (Å²) in [6.07, 6.45) is -0.0994. The molecule has 0 bridgehead atoms. The lowest BCUT2D eigenvalue weighted by atomic mass is 10.2. The van der Waals surface area contributed by atoms with Crippen molar-refractivity contribution in [3.63, 3.8) is 0 Å². The maximum absolute atomic E-state index is 12.1. The van der Waals surface area contributed by atoms with E-state index in [9.17, 15) is 9.59 Å². The van der Waals surface area contributed by atoms with Crippen LogP contribution in [0.15, 0.2) is 42.5 Å². The van der Waals surface area contributed by atoms with Crippen molar-refractivity contribution in [1.82, 2.24) is 5.32 Å². The topological polar surface area (TPSA) is 94.5 Å². The maximum Gasteiger partial charge on any atom is 0.411 e. The number of carbonyl (C=O) groups excluding carboxylic acids is 2. The molecule has 2 aromatic rings. The summed E-state index contributed by atoms with van der Waals surface area (Å²) in [5.41, 5.74) is 2.37. The van der Waals surface area contributed by atoms with E-state index >= 15 is 0 Å². The maximum atomic E-state index is 12.1. The number of benzene rings is 2. The van der Waals surface area contributed by atoms with E-state index in [1.54, 1.807) is 43.4 Å². The third-order valence-electron chi connectivity index (χ3n) is 4.48. The number of nitrogens with zero attached hydrogens (tertiary/aromatic N) is 2. The number of amides is 2. The molecule has 1 aliphatic heterocycles. The van der Waals surface area contributed by atoms with Crippen LogP contribution in [0.3, 0.4) is 0 Å². The average Bonchev–Trinajstić information content (AvgIpc) is 3.16. The van der Waals surface area contributed by atoms with Gasteiger partial charge in [-0.1, -0.05) is 11.6 Å². The molecule has 0 saturated carbocycles. The summed E-state index contributed by atoms with van der Waals surface area (Å²) in [4.78, 5) is 25.7. The van der Waals surface area contributed by atoms with E-state index in [1.807, 2.05) is 12.1 Å². The zero-order chi connectivity index (χ0) is 20.1. The number of nitriles is 1. The quantitative estimate of drug-likeness (QED) is 0.823. The lowest BCUT2D eigenvalue weighted by Crippen LogP contribution is -2.26. The first-order valence-electron chi connectivity index (χ1n) is 8.74. The average molecular weight is 399 g/mol. The molecule has 8 heteroatoms. The number of rotatable bonds is 4. The second-order valence-corrected chi connectivity index (χ2v) is 6.73. The number of nitrogens with one attached hydrogen (secondary N) is 2. The summed E-state index contributed by atoms with van der Waals surface area (Å²) < 4.78 is 5.48. The van der Waals surface area contributed by atoms with Gasteiger partial charge in [-0.3, -0.25) is 10.1 Å². The molecule has 1 fully saturated rings. The van der Waals surface area contributed by atoms with Gasteiger partial charge < -0.3 is 15.0 Å². The Morgan fingerprint density at radius 1 is 1.25 bits per heavy atom. The van der Waals surface area contributed by atoms with Gasteiger partial charge in [0, 0.05) is 37.0 Å². The first-order chi connectivity index (χ1) is 13.5. The number of anilines is 2. The minimum absolute atomic E-state index is 0.192. The molecule has 0 aromatic heterocycles. The van der Waals surface area contributed by atoms with Crippen molar-refractivity contribution in [1.29, 1.82) is 5.26 Å². The lowest BCUT2D eigenvalue weighted by Gasteiger charge is -2.19. The molecule has 0 aliphatic carbocycles. The molecule has 1 heterocycles. The van der Waals surface area contributed by atoms with Crippen molar-refractivity contribution >= 4 is 35.0 Å². The van der Waals surface area contributed by atoms with Crippen LogP contribution < -0.4 is 15.5 Å². The number of hydrogen-bond donors (Lipinski definition) is 2. The highest BCUT2D eigenvalue weighted by Gasteiger charge is 2.26. The summed E-state index contributed by atoms with van der Waals surface area (Å²) in [5.74, 6) is -0.192. The van der Waals surface area contributed by atoms with Gasteiger partial charge in [-0.05, 0) is 42.5 Å². The minimum atomic E-state index is -0.544. The van der Waals surface area contributed by atoms with Gasteiger partial charge in [0.2, 0.25) is 0 Å². The van der Waals surface area contributed by atoms with Crippen molar-refractivity contribution in [2.24, 2.45) is 0 Å². The Kier molecular flexibility index (Phi) is 6.02. The number of hydrogen-bond acceptors (Lipinski definition) is 5. The van der Waals surface area contributed by atoms with Crippen LogP contribution in [-0.2, 0) is 4.74 Å². The summed E-state index contributed by atoms with van der Waals surface area (Å²) in [7, 11) is 1.56. The highest BCUT2D eigenvalue weighted by atomic mass is 35.5. The van der Waals surface area contributed by atoms with E-state index < -0.39 is 6.09 Å². The zero-order valence-corrected chi connectivity index (χ0v) is 16.0. The van der Waals surface area contributed by atoms with Crippen molar-refractivity contribution in [3.8, 4) is 6.07 Å². The third kappa shape index (κ3) is 4.53. The fraction of sp³-hybridized carbons (Fsp3) is 0.250. The molecular weight excluding hydrogens is 380 g/mol. The molecule has 7 nitrogen and oxygen atoms in total. The van der Waals surface area contributed by atoms with Gasteiger partial charge in [-0.15, -0.1) is 0 Å². The lowest BCUT2D eigenvalue weighted by molar-refractivity contribution is 0.0963. The molecular formula is C20H19ClN4O3. The van der Waals surface area contributed by atoms with Gasteiger partial charge in [0.05, 0.1) is 17.1 Å². The Hall–Kier alpha value is -3.24. The predicted octanol–water partition coefficient (Wildman–Crippen LogP) is 3.40. The third-order valence-corrected chi connectivity index (χ3v) is 4.79. The molecule has 1 atom stereocenters. The molecule has 1 aliphatic rings. The van der Waals surface area contributed by atoms with Gasteiger partial charge >= 0.3 is 6.09 Å². The first-order valence-corrected chi connectivity index (χ1v) is 9.12. The molecule has 28 heavy (non-hydrogen) atoms. The molecule has 144 valence electrons. The van der Waals surface area contributed by atoms with E-state index in [1.165, 1.54) is 0 Å². The van der Waals surface area contributed by atoms with Crippen LogP contribution in [0.25, 0.3) is 0 Å². The zero-order valence-electron chi connectivity index (χ0n) is 15.2. The smallest absolute Gasteiger partial charge is 0.411 e. The Labute approximate surface area is 167 Å². The minimum Gasteiger partial charge on any atom is -0.444 e. The number of ether oxygens (including phenoxy) is 1. The first kappa shape index (κ1) is 19.5. The standard InChI is InChI=1S/C20H19ClN4O3/c1-23-19(26)13-2-5-15(6-3-13)24-20(27)28-17-8-9-25(12-17)16-7-4-14(11-22)18(21)10-16/h2-7,10,17H,8-9,12H2,1H3,(H,23,26)(H,24,27)/t17-/m1/s1. The monoisotopic (exact) mass is 398 g/mol. The SMILES string of the molecule is CNC(=O)c1ccc(NC(=O)O[C@@H]2CCN(c3ccc(C#N)c(Cl)c3)C2)cc1. The summed E-state index contributed by atoms with van der Waals surface area (Å²) in [6, 6.07) is 13.8. The Morgan fingerprint density at radius 2 is 2.00 bits per heavy atom. The van der Waals surface area contributed by atoms with Gasteiger partial charge in [0.1, 0.15) is 12.2 Å². The number of halogens is 1. The van der Waals surface area contributed by atoms with Crippen LogP contribution in [-0.4, -0.2) is 38.2 Å². The largest absolute Gasteiger partial charge is 0.444 e. The van der Waals surface area contributed by atoms with Crippen LogP contribution in [0.1, 0.15) is 22.3 Å². The van der Waals surface area contributed by atoms with Crippen molar-refractivity contribution in [2.45, 2.75) is 12.5 Å². The molecule has 2 amide bonds. The molecule has 0 radical (unpaired) electrons. The molecule has 0 spiro atoms. The fourth-order valence-corrected chi connectivity index (χ4v) is 3.22. The van der Waals surface area contributed by atoms with Crippen LogP contribution >= 0.6 is 11.6 Å². The van der Waals surface area contributed by atoms with E-state index in [2.05, 4.69) is 15.5 Å². The summed E-state index contributed by atoms with van der Waals surface area (Å²) in [6.45, 7) is 1.27. The fourth-order valence-electron chi connectivity index (χ4n) is 3.00. The van der Waals surface area contributed by atoms with Crippen molar-refractivity contribution in [2.75, 3.05) is 30.4 Å². The van der Waals surface area contributed by atoms with Crippen molar-refractivity contribution < 1.29 is 14.3 Å². The van der Waals surface area contributed by atoms with Gasteiger partial charge in [0.15, 0.2) is 0 Å².